The summed E-state index contributed by atoms with van der Waals surface area (Å²) in [7, 11) is -4.05. The second kappa shape index (κ2) is 6.16. The van der Waals surface area contributed by atoms with Crippen LogP contribution < -0.4 is 4.72 Å². The molecule has 0 aliphatic carbocycles. The summed E-state index contributed by atoms with van der Waals surface area (Å²) in [6, 6.07) is 1.45. The molecule has 6 nitrogen and oxygen atoms in total. The van der Waals surface area contributed by atoms with Crippen LogP contribution in [-0.2, 0) is 22.6 Å². The van der Waals surface area contributed by atoms with Crippen LogP contribution in [0.2, 0.25) is 0 Å². The molecule has 0 saturated heterocycles. The summed E-state index contributed by atoms with van der Waals surface area (Å²) in [6.45, 7) is 1.93. The van der Waals surface area contributed by atoms with E-state index in [0.717, 1.165) is 24.0 Å². The van der Waals surface area contributed by atoms with Gasteiger partial charge in [-0.2, -0.15) is 17.5 Å². The maximum atomic E-state index is 12.4. The van der Waals surface area contributed by atoms with Gasteiger partial charge in [0.25, 0.3) is 10.0 Å². The van der Waals surface area contributed by atoms with Gasteiger partial charge in [0.2, 0.25) is 5.13 Å². The fourth-order valence-electron chi connectivity index (χ4n) is 1.50. The molecule has 1 N–H and O–H groups in total. The fraction of sp³-hybridized carbons (Fsp3) is 0.364. The molecule has 2 rings (SSSR count). The van der Waals surface area contributed by atoms with Crippen molar-refractivity contribution in [2.75, 3.05) is 4.72 Å². The molecule has 0 saturated carbocycles. The Morgan fingerprint density at radius 1 is 1.32 bits per heavy atom. The molecule has 120 valence electrons. The zero-order valence-corrected chi connectivity index (χ0v) is 12.9. The first-order valence-corrected chi connectivity index (χ1v) is 8.36. The zero-order chi connectivity index (χ0) is 16.4. The van der Waals surface area contributed by atoms with Crippen molar-refractivity contribution >= 4 is 26.7 Å². The lowest BCUT2D eigenvalue weighted by atomic mass is 10.3. The number of aromatic nitrogens is 3. The van der Waals surface area contributed by atoms with Crippen LogP contribution in [0, 0.1) is 0 Å². The highest BCUT2D eigenvalue weighted by Gasteiger charge is 2.32. The molecule has 0 radical (unpaired) electrons. The number of nitrogens with zero attached hydrogens (tertiary/aromatic N) is 3. The minimum atomic E-state index is -4.62. The molecule has 0 atom stereocenters. The topological polar surface area (TPSA) is 84.8 Å². The Morgan fingerprint density at radius 2 is 2.05 bits per heavy atom. The van der Waals surface area contributed by atoms with Gasteiger partial charge in [-0.1, -0.05) is 6.92 Å². The number of nitrogens with one attached hydrogen (secondary N) is 1. The largest absolute Gasteiger partial charge is 0.433 e. The van der Waals surface area contributed by atoms with E-state index in [-0.39, 0.29) is 10.0 Å². The van der Waals surface area contributed by atoms with E-state index in [0.29, 0.717) is 24.5 Å². The van der Waals surface area contributed by atoms with Gasteiger partial charge in [-0.3, -0.25) is 9.71 Å². The van der Waals surface area contributed by atoms with Crippen LogP contribution in [0.1, 0.15) is 24.9 Å². The summed E-state index contributed by atoms with van der Waals surface area (Å²) < 4.78 is 67.4. The number of sulfonamides is 1. The number of aryl methyl sites for hydroxylation is 1. The van der Waals surface area contributed by atoms with E-state index in [1.54, 1.807) is 0 Å². The molecule has 0 aliphatic rings. The molecule has 2 aromatic rings. The van der Waals surface area contributed by atoms with E-state index < -0.39 is 21.9 Å². The molecule has 0 aromatic carbocycles. The third-order valence-corrected chi connectivity index (χ3v) is 4.62. The van der Waals surface area contributed by atoms with E-state index >= 15 is 0 Å². The normalized spacial score (nSPS) is 12.4. The van der Waals surface area contributed by atoms with Gasteiger partial charge in [-0.05, 0) is 18.6 Å². The Bertz CT molecular complexity index is 741. The first kappa shape index (κ1) is 16.6. The second-order valence-corrected chi connectivity index (χ2v) is 6.68. The summed E-state index contributed by atoms with van der Waals surface area (Å²) in [4.78, 5) is 6.72. The first-order chi connectivity index (χ1) is 10.2. The van der Waals surface area contributed by atoms with Crippen molar-refractivity contribution in [2.45, 2.75) is 30.8 Å². The monoisotopic (exact) mass is 352 g/mol. The summed E-state index contributed by atoms with van der Waals surface area (Å²) in [5, 5.41) is 0.0587. The van der Waals surface area contributed by atoms with E-state index in [1.807, 2.05) is 6.92 Å². The van der Waals surface area contributed by atoms with Crippen LogP contribution in [0.15, 0.2) is 23.2 Å². The van der Waals surface area contributed by atoms with Crippen molar-refractivity contribution in [3.05, 3.63) is 29.8 Å². The van der Waals surface area contributed by atoms with E-state index in [2.05, 4.69) is 19.1 Å². The Morgan fingerprint density at radius 3 is 2.59 bits per heavy atom. The van der Waals surface area contributed by atoms with Crippen molar-refractivity contribution in [3.8, 4) is 0 Å². The van der Waals surface area contributed by atoms with Gasteiger partial charge in [0.1, 0.15) is 16.4 Å². The number of alkyl halides is 3. The van der Waals surface area contributed by atoms with E-state index in [4.69, 9.17) is 0 Å². The van der Waals surface area contributed by atoms with Crippen LogP contribution in [0.25, 0.3) is 0 Å². The second-order valence-electron chi connectivity index (χ2n) is 4.25. The molecular weight excluding hydrogens is 341 g/mol. The van der Waals surface area contributed by atoms with Crippen LogP contribution in [-0.4, -0.2) is 22.8 Å². The maximum absolute atomic E-state index is 12.4. The van der Waals surface area contributed by atoms with Crippen LogP contribution >= 0.6 is 11.5 Å². The highest BCUT2D eigenvalue weighted by molar-refractivity contribution is 7.93. The molecule has 0 spiro atoms. The molecule has 0 unspecified atom stereocenters. The molecule has 0 aliphatic heterocycles. The average molecular weight is 352 g/mol. The molecule has 0 fully saturated rings. The van der Waals surface area contributed by atoms with Gasteiger partial charge in [-0.15, -0.1) is 0 Å². The average Bonchev–Trinajstić information content (AvgIpc) is 2.85. The van der Waals surface area contributed by atoms with Crippen molar-refractivity contribution in [1.29, 1.82) is 0 Å². The number of hydrogen-bond acceptors (Lipinski definition) is 6. The van der Waals surface area contributed by atoms with Crippen molar-refractivity contribution in [3.63, 3.8) is 0 Å². The number of hydrogen-bond donors (Lipinski definition) is 1. The molecule has 0 bridgehead atoms. The third-order valence-electron chi connectivity index (χ3n) is 2.50. The molecule has 22 heavy (non-hydrogen) atoms. The third kappa shape index (κ3) is 3.91. The molecule has 2 heterocycles. The number of rotatable bonds is 5. The summed E-state index contributed by atoms with van der Waals surface area (Å²) in [5.41, 5.74) is -1.16. The maximum Gasteiger partial charge on any atom is 0.433 e. The van der Waals surface area contributed by atoms with Gasteiger partial charge in [0, 0.05) is 24.2 Å². The molecular formula is C11H11F3N4O2S2. The standard InChI is InChI=1S/C11H11F3N4O2S2/c1-2-3-9-16-10(21-17-9)18-22(19,20)7-4-5-8(15-6-7)11(12,13)14/h4-6H,2-3H2,1H3,(H,16,17,18). The SMILES string of the molecule is CCCc1nsc(NS(=O)(=O)c2ccc(C(F)(F)F)nc2)n1. The van der Waals surface area contributed by atoms with Crippen LogP contribution in [0.5, 0.6) is 0 Å². The number of anilines is 1. The minimum absolute atomic E-state index is 0.0587. The number of pyridine rings is 1. The lowest BCUT2D eigenvalue weighted by Gasteiger charge is -2.07. The molecule has 2 aromatic heterocycles. The van der Waals surface area contributed by atoms with Gasteiger partial charge < -0.3 is 0 Å². The Labute approximate surface area is 128 Å². The quantitative estimate of drug-likeness (QED) is 0.894. The minimum Gasteiger partial charge on any atom is -0.253 e. The van der Waals surface area contributed by atoms with Gasteiger partial charge in [0.05, 0.1) is 0 Å². The van der Waals surface area contributed by atoms with Crippen molar-refractivity contribution in [2.24, 2.45) is 0 Å². The predicted octanol–water partition coefficient (Wildman–Crippen LogP) is 2.71. The van der Waals surface area contributed by atoms with Gasteiger partial charge in [-0.25, -0.2) is 13.4 Å². The highest BCUT2D eigenvalue weighted by atomic mass is 32.2. The summed E-state index contributed by atoms with van der Waals surface area (Å²) in [5.74, 6) is 0.510. The lowest BCUT2D eigenvalue weighted by Crippen LogP contribution is -2.14. The van der Waals surface area contributed by atoms with Gasteiger partial charge in [0.15, 0.2) is 0 Å². The van der Waals surface area contributed by atoms with Crippen LogP contribution in [0.3, 0.4) is 0 Å². The lowest BCUT2D eigenvalue weighted by molar-refractivity contribution is -0.141. The smallest absolute Gasteiger partial charge is 0.253 e. The number of halogens is 3. The zero-order valence-electron chi connectivity index (χ0n) is 11.3. The fourth-order valence-corrected chi connectivity index (χ4v) is 3.28. The Kier molecular flexibility index (Phi) is 4.66. The molecule has 0 amide bonds. The Hall–Kier alpha value is -1.75. The van der Waals surface area contributed by atoms with Gasteiger partial charge >= 0.3 is 6.18 Å². The summed E-state index contributed by atoms with van der Waals surface area (Å²) >= 11 is 0.867. The molecule has 11 heteroatoms. The summed E-state index contributed by atoms with van der Waals surface area (Å²) in [6.07, 6.45) is -2.55. The predicted molar refractivity (Wildman–Crippen MR) is 74.0 cm³/mol. The van der Waals surface area contributed by atoms with E-state index in [1.165, 1.54) is 0 Å². The van der Waals surface area contributed by atoms with Crippen molar-refractivity contribution in [1.82, 2.24) is 14.3 Å². The van der Waals surface area contributed by atoms with Crippen LogP contribution in [0.4, 0.5) is 18.3 Å². The highest BCUT2D eigenvalue weighted by Crippen LogP contribution is 2.28. The van der Waals surface area contributed by atoms with Crippen molar-refractivity contribution < 1.29 is 21.6 Å². The first-order valence-electron chi connectivity index (χ1n) is 6.11. The van der Waals surface area contributed by atoms with E-state index in [9.17, 15) is 21.6 Å². The Balaban J connectivity index is 2.19.